The molecule has 0 aliphatic carbocycles. The fourth-order valence-corrected chi connectivity index (χ4v) is 7.35. The van der Waals surface area contributed by atoms with Crippen molar-refractivity contribution in [1.29, 1.82) is 0 Å². The first-order valence-corrected chi connectivity index (χ1v) is 26.6. The van der Waals surface area contributed by atoms with Gasteiger partial charge in [-0.1, -0.05) is 226 Å². The molecule has 0 aromatic rings. The Morgan fingerprint density at radius 1 is 0.462 bits per heavy atom. The number of aliphatic hydroxyl groups excluding tert-OH is 2. The second kappa shape index (κ2) is 51.5. The Balaban J connectivity index is 4.82. The molecular formula is C59H99NO5. The van der Waals surface area contributed by atoms with Crippen LogP contribution < -0.4 is 5.32 Å². The van der Waals surface area contributed by atoms with Crippen molar-refractivity contribution < 1.29 is 24.5 Å². The molecule has 0 fully saturated rings. The number of allylic oxidation sites excluding steroid dienone is 18. The molecule has 0 rings (SSSR count). The van der Waals surface area contributed by atoms with Crippen LogP contribution in [-0.2, 0) is 14.3 Å². The van der Waals surface area contributed by atoms with Gasteiger partial charge in [-0.3, -0.25) is 9.59 Å². The fraction of sp³-hybridized carbons (Fsp3) is 0.661. The van der Waals surface area contributed by atoms with Gasteiger partial charge in [-0.2, -0.15) is 0 Å². The van der Waals surface area contributed by atoms with E-state index in [4.69, 9.17) is 4.74 Å². The fourth-order valence-electron chi connectivity index (χ4n) is 7.35. The summed E-state index contributed by atoms with van der Waals surface area (Å²) in [6.45, 7) is 6.30. The summed E-state index contributed by atoms with van der Waals surface area (Å²) < 4.78 is 5.87. The van der Waals surface area contributed by atoms with Crippen molar-refractivity contribution in [3.8, 4) is 0 Å². The van der Waals surface area contributed by atoms with Gasteiger partial charge in [0, 0.05) is 6.42 Å². The van der Waals surface area contributed by atoms with Gasteiger partial charge in [-0.25, -0.2) is 0 Å². The van der Waals surface area contributed by atoms with Gasteiger partial charge in [0.25, 0.3) is 0 Å². The van der Waals surface area contributed by atoms with Crippen LogP contribution in [0.25, 0.3) is 0 Å². The SMILES string of the molecule is CC/C=C/C/C=C/C/C=C/C/C=C/C/C=C/CCC(=O)OC(CCC/C=C\C/C=C\C/C=C\C/C=C\CCCCC)CC(=O)NC(CO)C(O)CCCCCCCCCCCCCCC. The van der Waals surface area contributed by atoms with Gasteiger partial charge < -0.3 is 20.3 Å². The molecule has 6 heteroatoms. The smallest absolute Gasteiger partial charge is 0.306 e. The highest BCUT2D eigenvalue weighted by atomic mass is 16.5. The summed E-state index contributed by atoms with van der Waals surface area (Å²) in [6.07, 6.45) is 70.1. The number of hydrogen-bond donors (Lipinski definition) is 3. The van der Waals surface area contributed by atoms with Crippen molar-refractivity contribution in [2.24, 2.45) is 0 Å². The monoisotopic (exact) mass is 902 g/mol. The zero-order valence-electron chi connectivity index (χ0n) is 42.1. The zero-order valence-corrected chi connectivity index (χ0v) is 42.1. The number of hydrogen-bond acceptors (Lipinski definition) is 5. The van der Waals surface area contributed by atoms with E-state index in [-0.39, 0.29) is 31.3 Å². The molecule has 0 heterocycles. The van der Waals surface area contributed by atoms with Crippen molar-refractivity contribution in [2.75, 3.05) is 6.61 Å². The summed E-state index contributed by atoms with van der Waals surface area (Å²) in [7, 11) is 0. The molecule has 0 aliphatic rings. The van der Waals surface area contributed by atoms with Gasteiger partial charge in [-0.05, 0) is 96.3 Å². The van der Waals surface area contributed by atoms with E-state index >= 15 is 0 Å². The van der Waals surface area contributed by atoms with Crippen LogP contribution >= 0.6 is 0 Å². The third kappa shape index (κ3) is 46.8. The average Bonchev–Trinajstić information content (AvgIpc) is 3.30. The molecule has 3 unspecified atom stereocenters. The van der Waals surface area contributed by atoms with Crippen LogP contribution in [0.1, 0.15) is 226 Å². The Morgan fingerprint density at radius 3 is 1.29 bits per heavy atom. The number of unbranched alkanes of at least 4 members (excludes halogenated alkanes) is 16. The maximum absolute atomic E-state index is 13.2. The Labute approximate surface area is 400 Å². The molecule has 370 valence electrons. The third-order valence-electron chi connectivity index (χ3n) is 11.3. The molecule has 0 aliphatic heterocycles. The van der Waals surface area contributed by atoms with Crippen molar-refractivity contribution in [1.82, 2.24) is 5.32 Å². The van der Waals surface area contributed by atoms with E-state index < -0.39 is 18.2 Å². The predicted molar refractivity (Wildman–Crippen MR) is 282 cm³/mol. The van der Waals surface area contributed by atoms with Crippen molar-refractivity contribution in [3.63, 3.8) is 0 Å². The summed E-state index contributed by atoms with van der Waals surface area (Å²) in [5.41, 5.74) is 0. The van der Waals surface area contributed by atoms with E-state index in [9.17, 15) is 19.8 Å². The number of rotatable bonds is 46. The van der Waals surface area contributed by atoms with E-state index in [0.717, 1.165) is 83.5 Å². The Hall–Kier alpha value is -3.48. The maximum atomic E-state index is 13.2. The van der Waals surface area contributed by atoms with Crippen LogP contribution in [0.15, 0.2) is 109 Å². The van der Waals surface area contributed by atoms with Crippen LogP contribution in [0.5, 0.6) is 0 Å². The van der Waals surface area contributed by atoms with Gasteiger partial charge in [0.05, 0.1) is 25.2 Å². The summed E-state index contributed by atoms with van der Waals surface area (Å²) in [5.74, 6) is -0.635. The molecule has 0 spiro atoms. The van der Waals surface area contributed by atoms with E-state index in [1.807, 2.05) is 6.08 Å². The first-order valence-electron chi connectivity index (χ1n) is 26.6. The summed E-state index contributed by atoms with van der Waals surface area (Å²) in [6, 6.07) is -0.741. The zero-order chi connectivity index (χ0) is 47.4. The Bertz CT molecular complexity index is 1330. The minimum absolute atomic E-state index is 0.00396. The Morgan fingerprint density at radius 2 is 0.846 bits per heavy atom. The molecule has 0 saturated heterocycles. The molecule has 3 atom stereocenters. The number of carbonyl (C=O) groups is 2. The molecule has 3 N–H and O–H groups in total. The van der Waals surface area contributed by atoms with E-state index in [1.165, 1.54) is 89.9 Å². The highest BCUT2D eigenvalue weighted by molar-refractivity contribution is 5.77. The number of aliphatic hydroxyl groups is 2. The van der Waals surface area contributed by atoms with Gasteiger partial charge in [0.1, 0.15) is 6.10 Å². The predicted octanol–water partition coefficient (Wildman–Crippen LogP) is 16.3. The first-order chi connectivity index (χ1) is 32.0. The maximum Gasteiger partial charge on any atom is 0.306 e. The van der Waals surface area contributed by atoms with Crippen LogP contribution in [0.4, 0.5) is 0 Å². The van der Waals surface area contributed by atoms with E-state index in [2.05, 4.69) is 129 Å². The topological polar surface area (TPSA) is 95.9 Å². The molecule has 0 bridgehead atoms. The second-order valence-electron chi connectivity index (χ2n) is 17.5. The summed E-state index contributed by atoms with van der Waals surface area (Å²) >= 11 is 0. The van der Waals surface area contributed by atoms with Crippen LogP contribution in [0, 0.1) is 0 Å². The highest BCUT2D eigenvalue weighted by Crippen LogP contribution is 2.16. The van der Waals surface area contributed by atoms with E-state index in [1.54, 1.807) is 0 Å². The summed E-state index contributed by atoms with van der Waals surface area (Å²) in [5, 5.41) is 23.8. The third-order valence-corrected chi connectivity index (χ3v) is 11.3. The standard InChI is InChI=1S/C59H99NO5/c1-4-7-10-13-16-19-22-25-27-29-30-33-35-38-41-44-47-50-55(65-59(64)52-49-46-43-40-37-34-31-28-26-23-20-17-14-11-8-5-2)53-58(63)60-56(54-61)57(62)51-48-45-42-39-36-32-24-21-18-15-12-9-6-3/h8,11,16-17,19-20,25-28,30,33-34,37-38,41,43,46,55-57,61-62H,4-7,9-10,12-15,18,21-24,29,31-32,35-36,39-40,42,44-45,47-54H2,1-3H3,(H,60,63)/b11-8+,19-16-,20-17+,27-25-,28-26+,33-30-,37-34+,41-38-,46-43+. The number of nitrogens with one attached hydrogen (secondary N) is 1. The minimum atomic E-state index is -0.821. The first kappa shape index (κ1) is 61.5. The van der Waals surface area contributed by atoms with Gasteiger partial charge in [-0.15, -0.1) is 0 Å². The van der Waals surface area contributed by atoms with Gasteiger partial charge >= 0.3 is 5.97 Å². The molecule has 6 nitrogen and oxygen atoms in total. The van der Waals surface area contributed by atoms with Gasteiger partial charge in [0.15, 0.2) is 0 Å². The molecule has 1 amide bonds. The van der Waals surface area contributed by atoms with Crippen LogP contribution in [0.3, 0.4) is 0 Å². The van der Waals surface area contributed by atoms with Crippen molar-refractivity contribution >= 4 is 11.9 Å². The highest BCUT2D eigenvalue weighted by Gasteiger charge is 2.23. The number of ether oxygens (including phenoxy) is 1. The average molecular weight is 902 g/mol. The van der Waals surface area contributed by atoms with Crippen molar-refractivity contribution in [3.05, 3.63) is 109 Å². The number of amides is 1. The van der Waals surface area contributed by atoms with Crippen molar-refractivity contribution in [2.45, 2.75) is 244 Å². The molecule has 0 aromatic heterocycles. The van der Waals surface area contributed by atoms with Crippen LogP contribution in [0.2, 0.25) is 0 Å². The van der Waals surface area contributed by atoms with Gasteiger partial charge in [0.2, 0.25) is 5.91 Å². The molecular weight excluding hydrogens is 803 g/mol. The molecule has 0 aromatic carbocycles. The Kier molecular flexibility index (Phi) is 48.7. The molecule has 0 radical (unpaired) electrons. The lowest BCUT2D eigenvalue weighted by molar-refractivity contribution is -0.150. The lowest BCUT2D eigenvalue weighted by Crippen LogP contribution is -2.46. The summed E-state index contributed by atoms with van der Waals surface area (Å²) in [4.78, 5) is 26.1. The van der Waals surface area contributed by atoms with E-state index in [0.29, 0.717) is 19.3 Å². The number of esters is 1. The number of carbonyl (C=O) groups excluding carboxylic acids is 2. The minimum Gasteiger partial charge on any atom is -0.462 e. The molecule has 65 heavy (non-hydrogen) atoms. The quantitative estimate of drug-likeness (QED) is 0.0321. The molecule has 0 saturated carbocycles. The second-order valence-corrected chi connectivity index (χ2v) is 17.5. The largest absolute Gasteiger partial charge is 0.462 e. The normalized spacial score (nSPS) is 14.1. The van der Waals surface area contributed by atoms with Crippen LogP contribution in [-0.4, -0.2) is 46.9 Å². The lowest BCUT2D eigenvalue weighted by atomic mass is 10.0. The lowest BCUT2D eigenvalue weighted by Gasteiger charge is -2.24.